The van der Waals surface area contributed by atoms with Crippen LogP contribution < -0.4 is 15.4 Å². The Morgan fingerprint density at radius 2 is 1.89 bits per heavy atom. The van der Waals surface area contributed by atoms with Gasteiger partial charge in [-0.1, -0.05) is 17.3 Å². The van der Waals surface area contributed by atoms with E-state index >= 15 is 0 Å². The van der Waals surface area contributed by atoms with Crippen LogP contribution in [0.25, 0.3) is 0 Å². The molecule has 0 spiro atoms. The molecule has 3 aromatic rings. The van der Waals surface area contributed by atoms with E-state index in [-0.39, 0.29) is 49.2 Å². The van der Waals surface area contributed by atoms with Gasteiger partial charge in [-0.2, -0.15) is 5.10 Å². The van der Waals surface area contributed by atoms with E-state index in [1.807, 2.05) is 0 Å². The van der Waals surface area contributed by atoms with E-state index in [1.165, 1.54) is 24.4 Å². The van der Waals surface area contributed by atoms with Crippen molar-refractivity contribution in [3.05, 3.63) is 59.5 Å². The average Bonchev–Trinajstić information content (AvgIpc) is 3.33. The highest BCUT2D eigenvalue weighted by atomic mass is 19.4. The highest BCUT2D eigenvalue weighted by Crippen LogP contribution is 2.23. The summed E-state index contributed by atoms with van der Waals surface area (Å²) in [5.41, 5.74) is 1.45. The summed E-state index contributed by atoms with van der Waals surface area (Å²) in [7, 11) is 0. The molecule has 11 nitrogen and oxygen atoms in total. The summed E-state index contributed by atoms with van der Waals surface area (Å²) in [6.45, 7) is 0.555. The second-order valence-corrected chi connectivity index (χ2v) is 7.96. The molecule has 0 aliphatic heterocycles. The highest BCUT2D eigenvalue weighted by Gasteiger charge is 2.31. The molecular weight excluding hydrogens is 495 g/mol. The SMILES string of the molecule is O=C(CCc1cccc(OC(F)(F)F)c1)Nc1ccc(CCCCn2cc(C(=O)NCCO)nn2)nn1. The summed E-state index contributed by atoms with van der Waals surface area (Å²) in [6, 6.07) is 8.87. The van der Waals surface area contributed by atoms with Crippen molar-refractivity contribution in [1.82, 2.24) is 30.5 Å². The van der Waals surface area contributed by atoms with E-state index in [0.717, 1.165) is 18.5 Å². The van der Waals surface area contributed by atoms with Crippen molar-refractivity contribution in [1.29, 1.82) is 0 Å². The Morgan fingerprint density at radius 1 is 1.05 bits per heavy atom. The molecule has 37 heavy (non-hydrogen) atoms. The molecule has 0 fully saturated rings. The number of anilines is 1. The van der Waals surface area contributed by atoms with Crippen molar-refractivity contribution >= 4 is 17.6 Å². The summed E-state index contributed by atoms with van der Waals surface area (Å²) in [5, 5.41) is 29.7. The molecule has 0 saturated carbocycles. The maximum absolute atomic E-state index is 12.3. The Morgan fingerprint density at radius 3 is 2.62 bits per heavy atom. The van der Waals surface area contributed by atoms with Crippen molar-refractivity contribution < 1.29 is 32.6 Å². The predicted octanol–water partition coefficient (Wildman–Crippen LogP) is 2.28. The van der Waals surface area contributed by atoms with Gasteiger partial charge in [0.05, 0.1) is 18.5 Å². The van der Waals surface area contributed by atoms with E-state index in [4.69, 9.17) is 5.11 Å². The fraction of sp³-hybridized carbons (Fsp3) is 0.391. The minimum Gasteiger partial charge on any atom is -0.406 e. The lowest BCUT2D eigenvalue weighted by Crippen LogP contribution is -2.26. The third-order valence-corrected chi connectivity index (χ3v) is 5.00. The van der Waals surface area contributed by atoms with Crippen LogP contribution in [-0.4, -0.2) is 61.6 Å². The molecule has 2 amide bonds. The minimum atomic E-state index is -4.77. The number of aliphatic hydroxyl groups excluding tert-OH is 1. The summed E-state index contributed by atoms with van der Waals surface area (Å²) in [5.74, 6) is -0.800. The number of ether oxygens (including phenoxy) is 1. The van der Waals surface area contributed by atoms with Crippen LogP contribution >= 0.6 is 0 Å². The summed E-state index contributed by atoms with van der Waals surface area (Å²) in [6.07, 6.45) is -0.769. The Balaban J connectivity index is 1.36. The zero-order valence-electron chi connectivity index (χ0n) is 19.7. The lowest BCUT2D eigenvalue weighted by atomic mass is 10.1. The molecule has 0 bridgehead atoms. The Labute approximate surface area is 210 Å². The maximum Gasteiger partial charge on any atom is 0.573 e. The van der Waals surface area contributed by atoms with Crippen molar-refractivity contribution in [3.8, 4) is 5.75 Å². The molecule has 2 heterocycles. The van der Waals surface area contributed by atoms with E-state index in [2.05, 4.69) is 35.9 Å². The molecule has 14 heteroatoms. The number of nitrogens with one attached hydrogen (secondary N) is 2. The van der Waals surface area contributed by atoms with Crippen LogP contribution in [0.1, 0.15) is 41.0 Å². The van der Waals surface area contributed by atoms with Crippen molar-refractivity contribution in [2.75, 3.05) is 18.5 Å². The average molecular weight is 522 g/mol. The molecule has 0 aliphatic carbocycles. The molecule has 0 radical (unpaired) electrons. The number of amides is 2. The number of carbonyl (C=O) groups is 2. The lowest BCUT2D eigenvalue weighted by Gasteiger charge is -2.10. The van der Waals surface area contributed by atoms with Crippen molar-refractivity contribution in [2.24, 2.45) is 0 Å². The molecule has 0 unspecified atom stereocenters. The van der Waals surface area contributed by atoms with Gasteiger partial charge < -0.3 is 20.5 Å². The van der Waals surface area contributed by atoms with Gasteiger partial charge in [0, 0.05) is 19.5 Å². The number of aryl methyl sites for hydroxylation is 3. The normalized spacial score (nSPS) is 11.2. The predicted molar refractivity (Wildman–Crippen MR) is 124 cm³/mol. The van der Waals surface area contributed by atoms with E-state index in [1.54, 1.807) is 22.9 Å². The van der Waals surface area contributed by atoms with Crippen LogP contribution in [-0.2, 0) is 24.2 Å². The van der Waals surface area contributed by atoms with Gasteiger partial charge in [-0.05, 0) is 55.5 Å². The van der Waals surface area contributed by atoms with Gasteiger partial charge >= 0.3 is 6.36 Å². The second-order valence-electron chi connectivity index (χ2n) is 7.96. The smallest absolute Gasteiger partial charge is 0.406 e. The number of aliphatic hydroxyl groups is 1. The molecule has 3 rings (SSSR count). The number of hydrogen-bond acceptors (Lipinski definition) is 8. The van der Waals surface area contributed by atoms with Crippen LogP contribution in [0.4, 0.5) is 19.0 Å². The lowest BCUT2D eigenvalue weighted by molar-refractivity contribution is -0.274. The third kappa shape index (κ3) is 9.83. The van der Waals surface area contributed by atoms with Gasteiger partial charge in [0.2, 0.25) is 5.91 Å². The van der Waals surface area contributed by atoms with Gasteiger partial charge in [0.15, 0.2) is 11.5 Å². The molecule has 3 N–H and O–H groups in total. The van der Waals surface area contributed by atoms with E-state index in [0.29, 0.717) is 18.5 Å². The number of unbranched alkanes of at least 4 members (excludes halogenated alkanes) is 1. The first-order chi connectivity index (χ1) is 17.7. The van der Waals surface area contributed by atoms with Gasteiger partial charge in [0.25, 0.3) is 5.91 Å². The number of hydrogen-bond donors (Lipinski definition) is 3. The Kier molecular flexibility index (Phi) is 9.89. The van der Waals surface area contributed by atoms with Crippen LogP contribution in [0.5, 0.6) is 5.75 Å². The molecule has 0 atom stereocenters. The Bertz CT molecular complexity index is 1170. The second kappa shape index (κ2) is 13.3. The minimum absolute atomic E-state index is 0.0476. The number of benzene rings is 1. The van der Waals surface area contributed by atoms with Crippen molar-refractivity contribution in [2.45, 2.75) is 45.0 Å². The Hall–Kier alpha value is -4.07. The topological polar surface area (TPSA) is 144 Å². The monoisotopic (exact) mass is 521 g/mol. The zero-order valence-corrected chi connectivity index (χ0v) is 19.7. The number of rotatable bonds is 13. The largest absolute Gasteiger partial charge is 0.573 e. The molecule has 198 valence electrons. The fourth-order valence-electron chi connectivity index (χ4n) is 3.27. The molecule has 0 saturated heterocycles. The summed E-state index contributed by atoms with van der Waals surface area (Å²) in [4.78, 5) is 23.9. The first-order valence-corrected chi connectivity index (χ1v) is 11.5. The van der Waals surface area contributed by atoms with Crippen molar-refractivity contribution in [3.63, 3.8) is 0 Å². The molecule has 0 aliphatic rings. The van der Waals surface area contributed by atoms with E-state index in [9.17, 15) is 22.8 Å². The number of nitrogens with zero attached hydrogens (tertiary/aromatic N) is 5. The quantitative estimate of drug-likeness (QED) is 0.291. The molecular formula is C23H26F3N7O4. The van der Waals surface area contributed by atoms with E-state index < -0.39 is 12.3 Å². The van der Waals surface area contributed by atoms with Crippen LogP contribution in [0.3, 0.4) is 0 Å². The van der Waals surface area contributed by atoms with Gasteiger partial charge in [0.1, 0.15) is 5.75 Å². The number of carbonyl (C=O) groups excluding carboxylic acids is 2. The number of aromatic nitrogens is 5. The highest BCUT2D eigenvalue weighted by molar-refractivity contribution is 5.91. The summed E-state index contributed by atoms with van der Waals surface area (Å²) >= 11 is 0. The summed E-state index contributed by atoms with van der Waals surface area (Å²) < 4.78 is 42.5. The number of alkyl halides is 3. The standard InChI is InChI=1S/C23H26F3N7O4/c24-23(25,26)37-18-6-3-4-16(14-18)7-10-21(35)28-20-9-8-17(29-31-20)5-1-2-12-33-15-19(30-32-33)22(36)27-11-13-34/h3-4,6,8-9,14-15,34H,1-2,5,7,10-13H2,(H,27,36)(H,28,31,35). The van der Waals surface area contributed by atoms with Gasteiger partial charge in [-0.3, -0.25) is 14.3 Å². The third-order valence-electron chi connectivity index (χ3n) is 5.00. The van der Waals surface area contributed by atoms with Gasteiger partial charge in [-0.25, -0.2) is 0 Å². The number of halogens is 3. The molecule has 1 aromatic carbocycles. The van der Waals surface area contributed by atoms with Crippen LogP contribution in [0.15, 0.2) is 42.6 Å². The zero-order chi connectivity index (χ0) is 26.7. The maximum atomic E-state index is 12.3. The van der Waals surface area contributed by atoms with Gasteiger partial charge in [-0.15, -0.1) is 23.4 Å². The first-order valence-electron chi connectivity index (χ1n) is 11.5. The van der Waals surface area contributed by atoms with Crippen LogP contribution in [0, 0.1) is 0 Å². The van der Waals surface area contributed by atoms with Crippen LogP contribution in [0.2, 0.25) is 0 Å². The molecule has 2 aromatic heterocycles. The first kappa shape index (κ1) is 27.5. The fourth-order valence-corrected chi connectivity index (χ4v) is 3.27.